The van der Waals surface area contributed by atoms with Crippen LogP contribution < -0.4 is 10.6 Å². The zero-order chi connectivity index (χ0) is 20.7. The third-order valence-corrected chi connectivity index (χ3v) is 5.84. The number of nitrogens with zero attached hydrogens (tertiary/aromatic N) is 3. The Bertz CT molecular complexity index is 650. The molecule has 1 aromatic heterocycles. The first kappa shape index (κ1) is 22.5. The Morgan fingerprint density at radius 3 is 2.71 bits per heavy atom. The van der Waals surface area contributed by atoms with E-state index in [9.17, 15) is 9.59 Å². The number of hydrogen-bond donors (Lipinski definition) is 2. The van der Waals surface area contributed by atoms with Crippen LogP contribution in [0.1, 0.15) is 40.5 Å². The summed E-state index contributed by atoms with van der Waals surface area (Å²) in [6, 6.07) is 5.66. The Balaban J connectivity index is 1.85. The lowest BCUT2D eigenvalue weighted by molar-refractivity contribution is -0.130. The van der Waals surface area contributed by atoms with Crippen LogP contribution in [0, 0.1) is 5.41 Å². The number of urea groups is 1. The van der Waals surface area contributed by atoms with Gasteiger partial charge in [0.1, 0.15) is 5.03 Å². The molecule has 28 heavy (non-hydrogen) atoms. The van der Waals surface area contributed by atoms with E-state index in [1.807, 2.05) is 30.1 Å². The van der Waals surface area contributed by atoms with Crippen molar-refractivity contribution in [3.63, 3.8) is 0 Å². The van der Waals surface area contributed by atoms with Gasteiger partial charge < -0.3 is 15.5 Å². The lowest BCUT2D eigenvalue weighted by Gasteiger charge is -2.34. The molecule has 0 spiro atoms. The van der Waals surface area contributed by atoms with Crippen molar-refractivity contribution in [3.05, 3.63) is 24.4 Å². The predicted molar refractivity (Wildman–Crippen MR) is 113 cm³/mol. The van der Waals surface area contributed by atoms with Crippen molar-refractivity contribution in [2.75, 3.05) is 26.7 Å². The standard InChI is InChI=1S/C20H33N5O2S/c1-15-9-8-12-25(15)18(26)13-22-19(27)23-16(20(2,3)4)14-24(5)28-17-10-6-7-11-21-17/h6-7,10-11,15-16H,8-9,12-14H2,1-5H3,(H2,22,23,27)/t15-,16-/m1/s1. The molecule has 2 rings (SSSR count). The number of amides is 3. The SMILES string of the molecule is C[C@@H]1CCCN1C(=O)CNC(=O)N[C@H](CN(C)Sc1ccccn1)C(C)(C)C. The second-order valence-corrected chi connectivity index (χ2v) is 9.62. The average molecular weight is 408 g/mol. The Morgan fingerprint density at radius 1 is 1.39 bits per heavy atom. The molecule has 156 valence electrons. The van der Waals surface area contributed by atoms with Gasteiger partial charge in [0.2, 0.25) is 5.91 Å². The van der Waals surface area contributed by atoms with Gasteiger partial charge in [0.25, 0.3) is 0 Å². The molecule has 2 atom stereocenters. The highest BCUT2D eigenvalue weighted by atomic mass is 32.2. The van der Waals surface area contributed by atoms with Gasteiger partial charge in [0.15, 0.2) is 0 Å². The van der Waals surface area contributed by atoms with Crippen LogP contribution in [0.4, 0.5) is 4.79 Å². The van der Waals surface area contributed by atoms with Gasteiger partial charge in [-0.2, -0.15) is 0 Å². The number of pyridine rings is 1. The minimum absolute atomic E-state index is 0.0183. The van der Waals surface area contributed by atoms with Crippen LogP contribution in [0.2, 0.25) is 0 Å². The van der Waals surface area contributed by atoms with Gasteiger partial charge in [-0.15, -0.1) is 0 Å². The summed E-state index contributed by atoms with van der Waals surface area (Å²) in [6.07, 6.45) is 3.83. The van der Waals surface area contributed by atoms with Gasteiger partial charge in [-0.1, -0.05) is 26.8 Å². The number of aromatic nitrogens is 1. The summed E-state index contributed by atoms with van der Waals surface area (Å²) in [7, 11) is 1.98. The largest absolute Gasteiger partial charge is 0.338 e. The summed E-state index contributed by atoms with van der Waals surface area (Å²) >= 11 is 1.54. The first-order valence-corrected chi connectivity index (χ1v) is 10.6. The smallest absolute Gasteiger partial charge is 0.315 e. The van der Waals surface area contributed by atoms with Crippen molar-refractivity contribution in [3.8, 4) is 0 Å². The van der Waals surface area contributed by atoms with E-state index in [1.165, 1.54) is 0 Å². The fraction of sp³-hybridized carbons (Fsp3) is 0.650. The molecule has 7 nitrogen and oxygen atoms in total. The Hall–Kier alpha value is -1.80. The van der Waals surface area contributed by atoms with Gasteiger partial charge in [-0.05, 0) is 56.3 Å². The summed E-state index contributed by atoms with van der Waals surface area (Å²) in [5.74, 6) is -0.0183. The van der Waals surface area contributed by atoms with E-state index in [4.69, 9.17) is 0 Å². The molecule has 2 N–H and O–H groups in total. The van der Waals surface area contributed by atoms with Crippen LogP contribution in [0.25, 0.3) is 0 Å². The molecular weight excluding hydrogens is 374 g/mol. The summed E-state index contributed by atoms with van der Waals surface area (Å²) < 4.78 is 2.07. The summed E-state index contributed by atoms with van der Waals surface area (Å²) in [5, 5.41) is 6.67. The van der Waals surface area contributed by atoms with E-state index >= 15 is 0 Å². The lowest BCUT2D eigenvalue weighted by atomic mass is 9.87. The summed E-state index contributed by atoms with van der Waals surface area (Å²) in [4.78, 5) is 30.9. The van der Waals surface area contributed by atoms with Crippen molar-refractivity contribution in [1.29, 1.82) is 0 Å². The molecule has 1 aliphatic rings. The number of likely N-dealkylation sites (tertiary alicyclic amines) is 1. The highest BCUT2D eigenvalue weighted by molar-refractivity contribution is 7.96. The molecular formula is C20H33N5O2S. The van der Waals surface area contributed by atoms with E-state index in [0.29, 0.717) is 6.54 Å². The molecule has 2 heterocycles. The fourth-order valence-corrected chi connectivity index (χ4v) is 3.95. The first-order valence-electron chi connectivity index (χ1n) is 9.81. The minimum atomic E-state index is -0.309. The maximum absolute atomic E-state index is 12.4. The monoisotopic (exact) mass is 407 g/mol. The predicted octanol–water partition coefficient (Wildman–Crippen LogP) is 2.75. The van der Waals surface area contributed by atoms with Crippen molar-refractivity contribution in [2.45, 2.75) is 57.6 Å². The highest BCUT2D eigenvalue weighted by Crippen LogP contribution is 2.24. The third kappa shape index (κ3) is 6.98. The molecule has 1 aromatic rings. The maximum Gasteiger partial charge on any atom is 0.315 e. The van der Waals surface area contributed by atoms with E-state index < -0.39 is 0 Å². The van der Waals surface area contributed by atoms with Crippen LogP contribution in [-0.4, -0.2) is 64.9 Å². The molecule has 0 bridgehead atoms. The molecule has 0 saturated carbocycles. The van der Waals surface area contributed by atoms with E-state index in [1.54, 1.807) is 18.1 Å². The van der Waals surface area contributed by atoms with E-state index in [-0.39, 0.29) is 36.0 Å². The number of carbonyl (C=O) groups excluding carboxylic acids is 2. The number of hydrogen-bond acceptors (Lipinski definition) is 5. The summed E-state index contributed by atoms with van der Waals surface area (Å²) in [6.45, 7) is 9.79. The molecule has 0 radical (unpaired) electrons. The van der Waals surface area contributed by atoms with Crippen molar-refractivity contribution < 1.29 is 9.59 Å². The molecule has 0 aromatic carbocycles. The number of likely N-dealkylation sites (N-methyl/N-ethyl adjacent to an activating group) is 1. The van der Waals surface area contributed by atoms with Gasteiger partial charge >= 0.3 is 6.03 Å². The molecule has 3 amide bonds. The quantitative estimate of drug-likeness (QED) is 0.680. The first-order chi connectivity index (χ1) is 13.2. The second kappa shape index (κ2) is 10.1. The minimum Gasteiger partial charge on any atom is -0.338 e. The Labute approximate surface area is 172 Å². The third-order valence-electron chi connectivity index (χ3n) is 4.95. The van der Waals surface area contributed by atoms with Crippen molar-refractivity contribution in [1.82, 2.24) is 24.8 Å². The zero-order valence-corrected chi connectivity index (χ0v) is 18.4. The molecule has 8 heteroatoms. The topological polar surface area (TPSA) is 77.6 Å². The second-order valence-electron chi connectivity index (χ2n) is 8.39. The van der Waals surface area contributed by atoms with Gasteiger partial charge in [0, 0.05) is 31.4 Å². The van der Waals surface area contributed by atoms with E-state index in [0.717, 1.165) is 24.4 Å². The van der Waals surface area contributed by atoms with E-state index in [2.05, 4.69) is 47.6 Å². The van der Waals surface area contributed by atoms with Crippen LogP contribution in [-0.2, 0) is 4.79 Å². The molecule has 1 aliphatic heterocycles. The average Bonchev–Trinajstić information content (AvgIpc) is 3.05. The Morgan fingerprint density at radius 2 is 2.14 bits per heavy atom. The fourth-order valence-electron chi connectivity index (χ4n) is 3.16. The van der Waals surface area contributed by atoms with Crippen LogP contribution >= 0.6 is 11.9 Å². The van der Waals surface area contributed by atoms with Gasteiger partial charge in [-0.3, -0.25) is 4.79 Å². The Kier molecular flexibility index (Phi) is 8.12. The van der Waals surface area contributed by atoms with Crippen LogP contribution in [0.15, 0.2) is 29.4 Å². The number of carbonyl (C=O) groups is 2. The molecule has 1 saturated heterocycles. The number of rotatable bonds is 7. The lowest BCUT2D eigenvalue weighted by Crippen LogP contribution is -2.53. The molecule has 0 aliphatic carbocycles. The summed E-state index contributed by atoms with van der Waals surface area (Å²) in [5.41, 5.74) is -0.135. The van der Waals surface area contributed by atoms with Gasteiger partial charge in [-0.25, -0.2) is 14.1 Å². The van der Waals surface area contributed by atoms with Gasteiger partial charge in [0.05, 0.1) is 6.54 Å². The maximum atomic E-state index is 12.4. The van der Waals surface area contributed by atoms with Crippen LogP contribution in [0.5, 0.6) is 0 Å². The molecule has 0 unspecified atom stereocenters. The zero-order valence-electron chi connectivity index (χ0n) is 17.6. The van der Waals surface area contributed by atoms with Crippen LogP contribution in [0.3, 0.4) is 0 Å². The number of nitrogens with one attached hydrogen (secondary N) is 2. The normalized spacial score (nSPS) is 18.2. The van der Waals surface area contributed by atoms with Crippen molar-refractivity contribution >= 4 is 23.9 Å². The highest BCUT2D eigenvalue weighted by Gasteiger charge is 2.29. The molecule has 1 fully saturated rings. The van der Waals surface area contributed by atoms with Crippen molar-refractivity contribution in [2.24, 2.45) is 5.41 Å².